The summed E-state index contributed by atoms with van der Waals surface area (Å²) in [5.74, 6) is 0.426. The molecule has 2 aromatic rings. The van der Waals surface area contributed by atoms with Crippen molar-refractivity contribution in [2.24, 2.45) is 5.73 Å². The molecule has 0 aromatic heterocycles. The molecule has 0 amide bonds. The summed E-state index contributed by atoms with van der Waals surface area (Å²) in [7, 11) is 1.61. The largest absolute Gasteiger partial charge is 0.497 e. The lowest BCUT2D eigenvalue weighted by molar-refractivity contribution is 0.410. The average molecular weight is 294 g/mol. The van der Waals surface area contributed by atoms with Gasteiger partial charge in [-0.05, 0) is 54.8 Å². The number of rotatable bonds is 4. The fourth-order valence-corrected chi connectivity index (χ4v) is 2.34. The third kappa shape index (κ3) is 3.30. The average Bonchev–Trinajstić information content (AvgIpc) is 2.43. The minimum atomic E-state index is -0.661. The fraction of sp³-hybridized carbons (Fsp3) is 0.250. The van der Waals surface area contributed by atoms with E-state index in [4.69, 9.17) is 22.1 Å². The molecule has 0 bridgehead atoms. The SMILES string of the molecule is COc1cccc(C(C)(N)Cc2cc(F)ccc2Cl)c1. The Bertz CT molecular complexity index is 613. The Morgan fingerprint density at radius 2 is 2.00 bits per heavy atom. The van der Waals surface area contributed by atoms with E-state index >= 15 is 0 Å². The molecule has 20 heavy (non-hydrogen) atoms. The number of halogens is 2. The highest BCUT2D eigenvalue weighted by atomic mass is 35.5. The first-order valence-electron chi connectivity index (χ1n) is 6.30. The van der Waals surface area contributed by atoms with E-state index in [9.17, 15) is 4.39 Å². The topological polar surface area (TPSA) is 35.2 Å². The van der Waals surface area contributed by atoms with E-state index in [0.717, 1.165) is 11.3 Å². The molecule has 0 aliphatic rings. The quantitative estimate of drug-likeness (QED) is 0.928. The minimum Gasteiger partial charge on any atom is -0.497 e. The van der Waals surface area contributed by atoms with Gasteiger partial charge in [0.05, 0.1) is 7.11 Å². The van der Waals surface area contributed by atoms with Crippen molar-refractivity contribution in [2.75, 3.05) is 7.11 Å². The van der Waals surface area contributed by atoms with Gasteiger partial charge in [-0.25, -0.2) is 4.39 Å². The van der Waals surface area contributed by atoms with Crippen LogP contribution in [0.4, 0.5) is 4.39 Å². The summed E-state index contributed by atoms with van der Waals surface area (Å²) in [6.45, 7) is 1.89. The first kappa shape index (κ1) is 14.8. The van der Waals surface area contributed by atoms with E-state index in [1.165, 1.54) is 12.1 Å². The molecule has 0 fully saturated rings. The highest BCUT2D eigenvalue weighted by molar-refractivity contribution is 6.31. The van der Waals surface area contributed by atoms with Crippen LogP contribution in [0.3, 0.4) is 0 Å². The van der Waals surface area contributed by atoms with E-state index in [0.29, 0.717) is 17.0 Å². The fourth-order valence-electron chi connectivity index (χ4n) is 2.15. The maximum Gasteiger partial charge on any atom is 0.123 e. The van der Waals surface area contributed by atoms with E-state index in [2.05, 4.69) is 0 Å². The van der Waals surface area contributed by atoms with Crippen molar-refractivity contribution in [3.05, 3.63) is 64.4 Å². The van der Waals surface area contributed by atoms with Crippen LogP contribution in [0.2, 0.25) is 5.02 Å². The maximum atomic E-state index is 13.3. The predicted molar refractivity (Wildman–Crippen MR) is 79.6 cm³/mol. The molecule has 2 rings (SSSR count). The molecule has 0 aliphatic heterocycles. The monoisotopic (exact) mass is 293 g/mol. The highest BCUT2D eigenvalue weighted by Crippen LogP contribution is 2.29. The van der Waals surface area contributed by atoms with Crippen molar-refractivity contribution in [3.63, 3.8) is 0 Å². The Kier molecular flexibility index (Phi) is 4.31. The Balaban J connectivity index is 2.32. The van der Waals surface area contributed by atoms with Crippen molar-refractivity contribution < 1.29 is 9.13 Å². The van der Waals surface area contributed by atoms with Gasteiger partial charge < -0.3 is 10.5 Å². The van der Waals surface area contributed by atoms with Gasteiger partial charge >= 0.3 is 0 Å². The molecule has 0 radical (unpaired) electrons. The molecule has 2 nitrogen and oxygen atoms in total. The van der Waals surface area contributed by atoms with Crippen LogP contribution >= 0.6 is 11.6 Å². The van der Waals surface area contributed by atoms with Crippen LogP contribution in [0.15, 0.2) is 42.5 Å². The van der Waals surface area contributed by atoms with Gasteiger partial charge in [0.1, 0.15) is 11.6 Å². The van der Waals surface area contributed by atoms with Gasteiger partial charge in [-0.2, -0.15) is 0 Å². The lowest BCUT2D eigenvalue weighted by Gasteiger charge is -2.26. The summed E-state index contributed by atoms with van der Waals surface area (Å²) in [4.78, 5) is 0. The molecule has 106 valence electrons. The van der Waals surface area contributed by atoms with Gasteiger partial charge in [0, 0.05) is 10.6 Å². The number of benzene rings is 2. The zero-order valence-corrected chi connectivity index (χ0v) is 12.2. The van der Waals surface area contributed by atoms with Crippen molar-refractivity contribution in [3.8, 4) is 5.75 Å². The van der Waals surface area contributed by atoms with Crippen LogP contribution in [0.1, 0.15) is 18.1 Å². The second-order valence-corrected chi connectivity index (χ2v) is 5.47. The lowest BCUT2D eigenvalue weighted by Crippen LogP contribution is -2.35. The molecule has 1 atom stereocenters. The zero-order chi connectivity index (χ0) is 14.8. The Morgan fingerprint density at radius 3 is 2.70 bits per heavy atom. The number of methoxy groups -OCH3 is 1. The van der Waals surface area contributed by atoms with Crippen LogP contribution in [0.25, 0.3) is 0 Å². The van der Waals surface area contributed by atoms with Crippen molar-refractivity contribution in [1.82, 2.24) is 0 Å². The van der Waals surface area contributed by atoms with E-state index in [1.807, 2.05) is 31.2 Å². The van der Waals surface area contributed by atoms with Crippen molar-refractivity contribution in [1.29, 1.82) is 0 Å². The third-order valence-electron chi connectivity index (χ3n) is 3.29. The molecule has 0 spiro atoms. The van der Waals surface area contributed by atoms with Crippen LogP contribution in [-0.4, -0.2) is 7.11 Å². The molecule has 0 saturated carbocycles. The van der Waals surface area contributed by atoms with Crippen LogP contribution in [0, 0.1) is 5.82 Å². The van der Waals surface area contributed by atoms with Crippen LogP contribution in [-0.2, 0) is 12.0 Å². The third-order valence-corrected chi connectivity index (χ3v) is 3.66. The van der Waals surface area contributed by atoms with E-state index in [-0.39, 0.29) is 5.82 Å². The van der Waals surface area contributed by atoms with Gasteiger partial charge in [0.15, 0.2) is 0 Å². The molecule has 0 heterocycles. The standard InChI is InChI=1S/C16H17ClFNO/c1-16(19,12-4-3-5-14(9-12)20-2)10-11-8-13(18)6-7-15(11)17/h3-9H,10,19H2,1-2H3. The van der Waals surface area contributed by atoms with Gasteiger partial charge in [-0.3, -0.25) is 0 Å². The molecule has 2 aromatic carbocycles. The first-order chi connectivity index (χ1) is 9.42. The number of hydrogen-bond acceptors (Lipinski definition) is 2. The maximum absolute atomic E-state index is 13.3. The molecule has 4 heteroatoms. The highest BCUT2D eigenvalue weighted by Gasteiger charge is 2.23. The summed E-state index contributed by atoms with van der Waals surface area (Å²) >= 11 is 6.10. The summed E-state index contributed by atoms with van der Waals surface area (Å²) in [5.41, 5.74) is 7.32. The molecule has 0 aliphatic carbocycles. The second kappa shape index (κ2) is 5.81. The van der Waals surface area contributed by atoms with Crippen LogP contribution in [0.5, 0.6) is 5.75 Å². The lowest BCUT2D eigenvalue weighted by atomic mass is 9.86. The molecule has 1 unspecified atom stereocenters. The van der Waals surface area contributed by atoms with Crippen molar-refractivity contribution >= 4 is 11.6 Å². The van der Waals surface area contributed by atoms with Gasteiger partial charge in [-0.1, -0.05) is 23.7 Å². The number of hydrogen-bond donors (Lipinski definition) is 1. The van der Waals surface area contributed by atoms with Crippen LogP contribution < -0.4 is 10.5 Å². The molecular formula is C16H17ClFNO. The predicted octanol–water partition coefficient (Wildman–Crippen LogP) is 3.90. The van der Waals surface area contributed by atoms with Gasteiger partial charge in [-0.15, -0.1) is 0 Å². The number of nitrogens with two attached hydrogens (primary N) is 1. The van der Waals surface area contributed by atoms with Gasteiger partial charge in [0.25, 0.3) is 0 Å². The van der Waals surface area contributed by atoms with Crippen molar-refractivity contribution in [2.45, 2.75) is 18.9 Å². The molecule has 2 N–H and O–H groups in total. The smallest absolute Gasteiger partial charge is 0.123 e. The van der Waals surface area contributed by atoms with E-state index in [1.54, 1.807) is 13.2 Å². The molecular weight excluding hydrogens is 277 g/mol. The Labute approximate surface area is 123 Å². The van der Waals surface area contributed by atoms with E-state index < -0.39 is 5.54 Å². The summed E-state index contributed by atoms with van der Waals surface area (Å²) in [6.07, 6.45) is 0.441. The van der Waals surface area contributed by atoms with Gasteiger partial charge in [0.2, 0.25) is 0 Å². The Morgan fingerprint density at radius 1 is 1.25 bits per heavy atom. The first-order valence-corrected chi connectivity index (χ1v) is 6.67. The normalized spacial score (nSPS) is 13.8. The summed E-state index contributed by atoms with van der Waals surface area (Å²) in [6, 6.07) is 11.9. The summed E-state index contributed by atoms with van der Waals surface area (Å²) in [5, 5.41) is 0.519. The molecule has 0 saturated heterocycles. The zero-order valence-electron chi connectivity index (χ0n) is 11.5. The Hall–Kier alpha value is -1.58. The minimum absolute atomic E-state index is 0.314. The summed E-state index contributed by atoms with van der Waals surface area (Å²) < 4.78 is 18.5. The number of ether oxygens (including phenoxy) is 1. The second-order valence-electron chi connectivity index (χ2n) is 5.06.